The number of carbonyl (C=O) groups is 4. The molecular weight excluding hydrogens is 459 g/mol. The van der Waals surface area contributed by atoms with E-state index in [2.05, 4.69) is 10.1 Å². The number of esters is 1. The molecule has 3 aromatic rings. The van der Waals surface area contributed by atoms with Gasteiger partial charge in [0.05, 0.1) is 29.2 Å². The van der Waals surface area contributed by atoms with E-state index >= 15 is 0 Å². The van der Waals surface area contributed by atoms with E-state index in [1.165, 1.54) is 61.3 Å². The Hall–Kier alpha value is -3.98. The molecule has 0 radical (unpaired) electrons. The van der Waals surface area contributed by atoms with Gasteiger partial charge in [0.25, 0.3) is 5.91 Å². The van der Waals surface area contributed by atoms with Crippen LogP contribution in [0.4, 0.5) is 15.8 Å². The number of imide groups is 1. The Balaban J connectivity index is 1.41. The monoisotopic (exact) mass is 478 g/mol. The molecule has 1 fully saturated rings. The number of methoxy groups -OCH3 is 1. The van der Waals surface area contributed by atoms with Crippen molar-refractivity contribution in [2.45, 2.75) is 16.6 Å². The Labute approximate surface area is 198 Å². The maximum Gasteiger partial charge on any atom is 0.337 e. The van der Waals surface area contributed by atoms with Gasteiger partial charge < -0.3 is 10.1 Å². The third kappa shape index (κ3) is 4.84. The standard InChI is InChI=1S/C25H19FN2O5S/c1-33-25(32)15-6-10-17(11-7-15)28-22(29)14-21(24(28)31)34-18-12-8-16(9-13-18)27-23(30)19-4-2-3-5-20(19)26/h2-13,21H,14H2,1H3,(H,27,30). The van der Waals surface area contributed by atoms with Crippen LogP contribution >= 0.6 is 11.8 Å². The van der Waals surface area contributed by atoms with Crippen LogP contribution in [-0.2, 0) is 14.3 Å². The molecule has 0 bridgehead atoms. The molecule has 1 aliphatic heterocycles. The predicted octanol–water partition coefficient (Wildman–Crippen LogP) is 4.29. The van der Waals surface area contributed by atoms with Crippen molar-refractivity contribution in [3.05, 3.63) is 89.7 Å². The molecule has 4 rings (SSSR count). The van der Waals surface area contributed by atoms with Gasteiger partial charge in [-0.2, -0.15) is 0 Å². The van der Waals surface area contributed by atoms with Crippen molar-refractivity contribution < 1.29 is 28.3 Å². The molecule has 1 N–H and O–H groups in total. The number of nitrogens with one attached hydrogen (secondary N) is 1. The Bertz CT molecular complexity index is 1260. The number of rotatable bonds is 6. The van der Waals surface area contributed by atoms with Crippen molar-refractivity contribution in [2.75, 3.05) is 17.3 Å². The first-order chi connectivity index (χ1) is 16.4. The second kappa shape index (κ2) is 9.88. The van der Waals surface area contributed by atoms with Crippen LogP contribution in [0.15, 0.2) is 77.7 Å². The van der Waals surface area contributed by atoms with Crippen molar-refractivity contribution in [2.24, 2.45) is 0 Å². The summed E-state index contributed by atoms with van der Waals surface area (Å²) >= 11 is 1.24. The van der Waals surface area contributed by atoms with E-state index in [1.807, 2.05) is 0 Å². The highest BCUT2D eigenvalue weighted by molar-refractivity contribution is 8.00. The van der Waals surface area contributed by atoms with Gasteiger partial charge in [-0.25, -0.2) is 14.1 Å². The fourth-order valence-electron chi connectivity index (χ4n) is 3.46. The number of anilines is 2. The summed E-state index contributed by atoms with van der Waals surface area (Å²) in [5.74, 6) is -2.36. The van der Waals surface area contributed by atoms with E-state index in [-0.39, 0.29) is 23.8 Å². The lowest BCUT2D eigenvalue weighted by Gasteiger charge is -2.15. The van der Waals surface area contributed by atoms with Crippen LogP contribution in [0.5, 0.6) is 0 Å². The van der Waals surface area contributed by atoms with Gasteiger partial charge in [0.15, 0.2) is 0 Å². The summed E-state index contributed by atoms with van der Waals surface area (Å²) in [6.07, 6.45) is 0.0357. The highest BCUT2D eigenvalue weighted by atomic mass is 32.2. The van der Waals surface area contributed by atoms with Gasteiger partial charge in [-0.15, -0.1) is 11.8 Å². The zero-order valence-corrected chi connectivity index (χ0v) is 18.8. The summed E-state index contributed by atoms with van der Waals surface area (Å²) in [5, 5.41) is 2.03. The number of thioether (sulfide) groups is 1. The highest BCUT2D eigenvalue weighted by Gasteiger charge is 2.40. The molecule has 9 heteroatoms. The molecule has 34 heavy (non-hydrogen) atoms. The number of amides is 3. The number of ether oxygens (including phenoxy) is 1. The molecule has 3 aromatic carbocycles. The van der Waals surface area contributed by atoms with E-state index in [1.54, 1.807) is 30.3 Å². The van der Waals surface area contributed by atoms with Gasteiger partial charge in [-0.3, -0.25) is 14.4 Å². The third-order valence-electron chi connectivity index (χ3n) is 5.16. The fourth-order valence-corrected chi connectivity index (χ4v) is 4.51. The van der Waals surface area contributed by atoms with Crippen LogP contribution in [0.2, 0.25) is 0 Å². The molecule has 7 nitrogen and oxygen atoms in total. The summed E-state index contributed by atoms with van der Waals surface area (Å²) < 4.78 is 18.4. The molecule has 1 saturated heterocycles. The van der Waals surface area contributed by atoms with Gasteiger partial charge >= 0.3 is 5.97 Å². The molecule has 1 unspecified atom stereocenters. The average Bonchev–Trinajstić information content (AvgIpc) is 3.12. The zero-order valence-electron chi connectivity index (χ0n) is 18.0. The topological polar surface area (TPSA) is 92.8 Å². The normalized spacial score (nSPS) is 15.4. The lowest BCUT2D eigenvalue weighted by molar-refractivity contribution is -0.121. The summed E-state index contributed by atoms with van der Waals surface area (Å²) in [7, 11) is 1.27. The van der Waals surface area contributed by atoms with Crippen molar-refractivity contribution >= 4 is 46.8 Å². The first-order valence-electron chi connectivity index (χ1n) is 10.2. The molecule has 1 heterocycles. The Kier molecular flexibility index (Phi) is 6.74. The van der Waals surface area contributed by atoms with E-state index < -0.39 is 22.9 Å². The summed E-state index contributed by atoms with van der Waals surface area (Å²) in [6, 6.07) is 18.5. The molecule has 0 aliphatic carbocycles. The highest BCUT2D eigenvalue weighted by Crippen LogP contribution is 2.34. The molecule has 0 spiro atoms. The molecule has 0 saturated carbocycles. The number of nitrogens with zero attached hydrogens (tertiary/aromatic N) is 1. The molecule has 172 valence electrons. The maximum absolute atomic E-state index is 13.8. The van der Waals surface area contributed by atoms with Crippen molar-refractivity contribution in [1.82, 2.24) is 0 Å². The number of benzene rings is 3. The second-order valence-electron chi connectivity index (χ2n) is 7.37. The van der Waals surface area contributed by atoms with Crippen LogP contribution in [0.3, 0.4) is 0 Å². The molecule has 0 aromatic heterocycles. The Morgan fingerprint density at radius 1 is 1.00 bits per heavy atom. The van der Waals surface area contributed by atoms with Crippen LogP contribution in [0.1, 0.15) is 27.1 Å². The Morgan fingerprint density at radius 3 is 2.32 bits per heavy atom. The number of carbonyl (C=O) groups excluding carboxylic acids is 4. The van der Waals surface area contributed by atoms with Crippen LogP contribution in [0.25, 0.3) is 0 Å². The maximum atomic E-state index is 13.8. The average molecular weight is 479 g/mol. The SMILES string of the molecule is COC(=O)c1ccc(N2C(=O)CC(Sc3ccc(NC(=O)c4ccccc4F)cc3)C2=O)cc1. The van der Waals surface area contributed by atoms with Gasteiger partial charge in [0.1, 0.15) is 5.82 Å². The largest absolute Gasteiger partial charge is 0.465 e. The predicted molar refractivity (Wildman–Crippen MR) is 125 cm³/mol. The van der Waals surface area contributed by atoms with Gasteiger partial charge in [-0.05, 0) is 60.7 Å². The fraction of sp³-hybridized carbons (Fsp3) is 0.120. The lowest BCUT2D eigenvalue weighted by Crippen LogP contribution is -2.31. The van der Waals surface area contributed by atoms with Crippen molar-refractivity contribution in [3.8, 4) is 0 Å². The first kappa shape index (κ1) is 23.2. The second-order valence-corrected chi connectivity index (χ2v) is 8.65. The van der Waals surface area contributed by atoms with E-state index in [4.69, 9.17) is 0 Å². The summed E-state index contributed by atoms with van der Waals surface area (Å²) in [5.41, 5.74) is 1.12. The molecule has 1 aliphatic rings. The lowest BCUT2D eigenvalue weighted by atomic mass is 10.2. The van der Waals surface area contributed by atoms with Crippen LogP contribution < -0.4 is 10.2 Å². The third-order valence-corrected chi connectivity index (χ3v) is 6.36. The molecular formula is C25H19FN2O5S. The van der Waals surface area contributed by atoms with Crippen LogP contribution in [0, 0.1) is 5.82 Å². The zero-order chi connectivity index (χ0) is 24.2. The number of hydrogen-bond donors (Lipinski definition) is 1. The quantitative estimate of drug-likeness (QED) is 0.420. The minimum absolute atomic E-state index is 0.0357. The summed E-state index contributed by atoms with van der Waals surface area (Å²) in [4.78, 5) is 51.1. The van der Waals surface area contributed by atoms with Gasteiger partial charge in [0, 0.05) is 17.0 Å². The molecule has 3 amide bonds. The van der Waals surface area contributed by atoms with Crippen LogP contribution in [-0.4, -0.2) is 36.1 Å². The Morgan fingerprint density at radius 2 is 1.68 bits per heavy atom. The van der Waals surface area contributed by atoms with Crippen molar-refractivity contribution in [3.63, 3.8) is 0 Å². The van der Waals surface area contributed by atoms with E-state index in [0.717, 1.165) is 9.80 Å². The first-order valence-corrected chi connectivity index (χ1v) is 11.1. The number of hydrogen-bond acceptors (Lipinski definition) is 6. The van der Waals surface area contributed by atoms with Gasteiger partial charge in [0.2, 0.25) is 11.8 Å². The summed E-state index contributed by atoms with van der Waals surface area (Å²) in [6.45, 7) is 0. The van der Waals surface area contributed by atoms with E-state index in [0.29, 0.717) is 16.9 Å². The van der Waals surface area contributed by atoms with Crippen molar-refractivity contribution in [1.29, 1.82) is 0 Å². The number of halogens is 1. The minimum atomic E-state index is -0.610. The minimum Gasteiger partial charge on any atom is -0.465 e. The van der Waals surface area contributed by atoms with Gasteiger partial charge in [-0.1, -0.05) is 12.1 Å². The smallest absolute Gasteiger partial charge is 0.337 e. The molecule has 1 atom stereocenters. The van der Waals surface area contributed by atoms with E-state index in [9.17, 15) is 23.6 Å².